The average molecular weight is 389 g/mol. The van der Waals surface area contributed by atoms with E-state index >= 15 is 0 Å². The third-order valence-corrected chi connectivity index (χ3v) is 4.06. The van der Waals surface area contributed by atoms with Crippen LogP contribution in [0.5, 0.6) is 5.88 Å². The van der Waals surface area contributed by atoms with Crippen molar-refractivity contribution in [2.75, 3.05) is 7.11 Å². The van der Waals surface area contributed by atoms with Crippen molar-refractivity contribution >= 4 is 17.3 Å². The molecule has 0 fully saturated rings. The molecule has 0 radical (unpaired) electrons. The van der Waals surface area contributed by atoms with Crippen molar-refractivity contribution < 1.29 is 19.5 Å². The predicted molar refractivity (Wildman–Crippen MR) is 109 cm³/mol. The minimum absolute atomic E-state index is 0.0195. The molecule has 0 aliphatic heterocycles. The van der Waals surface area contributed by atoms with Crippen molar-refractivity contribution in [2.24, 2.45) is 5.16 Å². The molecule has 146 valence electrons. The monoisotopic (exact) mass is 389 g/mol. The number of ether oxygens (including phenoxy) is 1. The fourth-order valence-corrected chi connectivity index (χ4v) is 2.70. The largest absolute Gasteiger partial charge is 0.503 e. The van der Waals surface area contributed by atoms with Crippen LogP contribution in [0.1, 0.15) is 18.1 Å². The standard InChI is InChI=1S/C22H19N3O4/c1-15(17-10-6-7-11-18(17)19(13-28-2)22(26)27)25-29-21-12-20(23-14-24-21)16-8-4-3-5-9-16/h3-14H,1-2H3,(H,26,27)/b19-13+,25-15?. The van der Waals surface area contributed by atoms with Crippen LogP contribution in [0.4, 0.5) is 0 Å². The van der Waals surface area contributed by atoms with Crippen LogP contribution >= 0.6 is 0 Å². The Kier molecular flexibility index (Phi) is 6.32. The van der Waals surface area contributed by atoms with Gasteiger partial charge in [-0.05, 0) is 6.92 Å². The van der Waals surface area contributed by atoms with Gasteiger partial charge in [-0.2, -0.15) is 4.98 Å². The van der Waals surface area contributed by atoms with E-state index in [2.05, 4.69) is 15.1 Å². The summed E-state index contributed by atoms with van der Waals surface area (Å²) in [5.41, 5.74) is 3.23. The smallest absolute Gasteiger partial charge is 0.339 e. The molecular weight excluding hydrogens is 370 g/mol. The maximum Gasteiger partial charge on any atom is 0.339 e. The summed E-state index contributed by atoms with van der Waals surface area (Å²) in [4.78, 5) is 25.4. The lowest BCUT2D eigenvalue weighted by atomic mass is 9.98. The van der Waals surface area contributed by atoms with E-state index in [1.807, 2.05) is 30.3 Å². The number of benzene rings is 2. The minimum Gasteiger partial charge on any atom is -0.503 e. The average Bonchev–Trinajstić information content (AvgIpc) is 2.76. The van der Waals surface area contributed by atoms with Gasteiger partial charge in [-0.3, -0.25) is 0 Å². The zero-order chi connectivity index (χ0) is 20.6. The van der Waals surface area contributed by atoms with Crippen LogP contribution < -0.4 is 4.84 Å². The summed E-state index contributed by atoms with van der Waals surface area (Å²) >= 11 is 0. The summed E-state index contributed by atoms with van der Waals surface area (Å²) in [6.07, 6.45) is 2.59. The molecule has 0 aliphatic rings. The van der Waals surface area contributed by atoms with E-state index in [9.17, 15) is 9.90 Å². The Morgan fingerprint density at radius 2 is 1.72 bits per heavy atom. The lowest BCUT2D eigenvalue weighted by Crippen LogP contribution is -2.08. The third-order valence-electron chi connectivity index (χ3n) is 4.06. The van der Waals surface area contributed by atoms with Crippen LogP contribution in [0.3, 0.4) is 0 Å². The molecule has 0 spiro atoms. The zero-order valence-corrected chi connectivity index (χ0v) is 15.9. The third kappa shape index (κ3) is 4.84. The fourth-order valence-electron chi connectivity index (χ4n) is 2.70. The Balaban J connectivity index is 1.88. The van der Waals surface area contributed by atoms with E-state index < -0.39 is 5.97 Å². The highest BCUT2D eigenvalue weighted by molar-refractivity contribution is 6.18. The number of hydrogen-bond donors (Lipinski definition) is 1. The van der Waals surface area contributed by atoms with Crippen molar-refractivity contribution in [3.63, 3.8) is 0 Å². The van der Waals surface area contributed by atoms with Crippen LogP contribution in [-0.4, -0.2) is 33.9 Å². The molecule has 3 aromatic rings. The zero-order valence-electron chi connectivity index (χ0n) is 15.9. The number of carbonyl (C=O) groups is 1. The SMILES string of the molecule is CO/C=C(/C(=O)O)c1ccccc1C(C)=NOc1cc(-c2ccccc2)ncn1. The van der Waals surface area contributed by atoms with Crippen LogP contribution in [0, 0.1) is 0 Å². The van der Waals surface area contributed by atoms with Gasteiger partial charge >= 0.3 is 5.97 Å². The molecule has 7 nitrogen and oxygen atoms in total. The molecule has 1 aromatic heterocycles. The first kappa shape index (κ1) is 19.8. The van der Waals surface area contributed by atoms with Gasteiger partial charge in [0.1, 0.15) is 11.9 Å². The van der Waals surface area contributed by atoms with E-state index in [4.69, 9.17) is 9.57 Å². The highest BCUT2D eigenvalue weighted by Gasteiger charge is 2.16. The lowest BCUT2D eigenvalue weighted by Gasteiger charge is -2.10. The van der Waals surface area contributed by atoms with E-state index in [1.54, 1.807) is 37.3 Å². The van der Waals surface area contributed by atoms with Gasteiger partial charge < -0.3 is 14.7 Å². The number of carboxylic acid groups (broad SMARTS) is 1. The Bertz CT molecular complexity index is 1060. The van der Waals surface area contributed by atoms with Crippen LogP contribution in [-0.2, 0) is 9.53 Å². The first-order valence-electron chi connectivity index (χ1n) is 8.75. The van der Waals surface area contributed by atoms with Gasteiger partial charge in [0.05, 0.1) is 24.8 Å². The maximum absolute atomic E-state index is 11.6. The summed E-state index contributed by atoms with van der Waals surface area (Å²) in [5, 5.41) is 13.6. The second kappa shape index (κ2) is 9.27. The molecule has 7 heteroatoms. The van der Waals surface area contributed by atoms with Crippen molar-refractivity contribution in [3.8, 4) is 17.1 Å². The number of rotatable bonds is 7. The van der Waals surface area contributed by atoms with E-state index in [0.29, 0.717) is 22.5 Å². The molecule has 0 atom stereocenters. The van der Waals surface area contributed by atoms with Crippen LogP contribution in [0.2, 0.25) is 0 Å². The number of aromatic nitrogens is 2. The molecule has 0 bridgehead atoms. The second-order valence-electron chi connectivity index (χ2n) is 5.99. The molecule has 0 aliphatic carbocycles. The quantitative estimate of drug-likeness (QED) is 0.284. The molecule has 0 saturated carbocycles. The number of hydrogen-bond acceptors (Lipinski definition) is 6. The van der Waals surface area contributed by atoms with Crippen molar-refractivity contribution in [1.29, 1.82) is 0 Å². The summed E-state index contributed by atoms with van der Waals surface area (Å²) in [7, 11) is 1.40. The number of carboxylic acids is 1. The Morgan fingerprint density at radius 1 is 1.03 bits per heavy atom. The fraction of sp³-hybridized carbons (Fsp3) is 0.0909. The van der Waals surface area contributed by atoms with Crippen molar-refractivity contribution in [3.05, 3.63) is 84.4 Å². The minimum atomic E-state index is -1.10. The summed E-state index contributed by atoms with van der Waals surface area (Å²) in [6, 6.07) is 18.3. The number of oxime groups is 1. The van der Waals surface area contributed by atoms with Crippen molar-refractivity contribution in [1.82, 2.24) is 9.97 Å². The van der Waals surface area contributed by atoms with Gasteiger partial charge in [-0.1, -0.05) is 59.8 Å². The number of aliphatic carboxylic acids is 1. The van der Waals surface area contributed by atoms with Gasteiger partial charge in [-0.15, -0.1) is 0 Å². The van der Waals surface area contributed by atoms with Gasteiger partial charge in [0.25, 0.3) is 5.88 Å². The first-order valence-corrected chi connectivity index (χ1v) is 8.75. The van der Waals surface area contributed by atoms with E-state index in [1.165, 1.54) is 19.7 Å². The van der Waals surface area contributed by atoms with Gasteiger partial charge in [-0.25, -0.2) is 9.78 Å². The van der Waals surface area contributed by atoms with Gasteiger partial charge in [0.2, 0.25) is 0 Å². The Hall–Kier alpha value is -4.00. The molecule has 3 rings (SSSR count). The first-order chi connectivity index (χ1) is 14.1. The molecule has 1 heterocycles. The molecule has 0 amide bonds. The number of nitrogens with zero attached hydrogens (tertiary/aromatic N) is 3. The maximum atomic E-state index is 11.6. The molecule has 0 saturated heterocycles. The summed E-state index contributed by atoms with van der Waals surface area (Å²) in [5.74, 6) is -0.821. The van der Waals surface area contributed by atoms with Gasteiger partial charge in [0.15, 0.2) is 0 Å². The molecule has 0 unspecified atom stereocenters. The van der Waals surface area contributed by atoms with Crippen LogP contribution in [0.15, 0.2) is 78.4 Å². The highest BCUT2D eigenvalue weighted by atomic mass is 16.6. The lowest BCUT2D eigenvalue weighted by molar-refractivity contribution is -0.130. The highest BCUT2D eigenvalue weighted by Crippen LogP contribution is 2.22. The topological polar surface area (TPSA) is 93.9 Å². The summed E-state index contributed by atoms with van der Waals surface area (Å²) in [6.45, 7) is 1.73. The predicted octanol–water partition coefficient (Wildman–Crippen LogP) is 4.02. The van der Waals surface area contributed by atoms with Crippen LogP contribution in [0.25, 0.3) is 16.8 Å². The number of methoxy groups -OCH3 is 1. The van der Waals surface area contributed by atoms with E-state index in [-0.39, 0.29) is 11.5 Å². The van der Waals surface area contributed by atoms with Crippen molar-refractivity contribution in [2.45, 2.75) is 6.92 Å². The van der Waals surface area contributed by atoms with E-state index in [0.717, 1.165) is 5.56 Å². The Morgan fingerprint density at radius 3 is 2.41 bits per heavy atom. The molecule has 2 aromatic carbocycles. The normalized spacial score (nSPS) is 11.8. The molecule has 29 heavy (non-hydrogen) atoms. The molecule has 1 N–H and O–H groups in total. The Labute approximate surface area is 168 Å². The second-order valence-corrected chi connectivity index (χ2v) is 5.99. The summed E-state index contributed by atoms with van der Waals surface area (Å²) < 4.78 is 4.91. The molecular formula is C22H19N3O4. The van der Waals surface area contributed by atoms with Gasteiger partial charge in [0, 0.05) is 22.8 Å².